The summed E-state index contributed by atoms with van der Waals surface area (Å²) in [4.78, 5) is 29.3. The minimum Gasteiger partial charge on any atom is -0.394 e. The average molecular weight is 296 g/mol. The molecule has 1 aliphatic rings. The summed E-state index contributed by atoms with van der Waals surface area (Å²) in [6.45, 7) is -0.333. The number of ether oxygens (including phenoxy) is 1. The van der Waals surface area contributed by atoms with E-state index in [0.29, 0.717) is 6.41 Å². The van der Waals surface area contributed by atoms with Crippen molar-refractivity contribution in [2.24, 2.45) is 0 Å². The predicted molar refractivity (Wildman–Crippen MR) is 68.7 cm³/mol. The van der Waals surface area contributed by atoms with E-state index in [1.165, 1.54) is 10.9 Å². The summed E-state index contributed by atoms with van der Waals surface area (Å²) in [5.41, 5.74) is 5.16. The lowest BCUT2D eigenvalue weighted by Gasteiger charge is -2.10. The zero-order valence-corrected chi connectivity index (χ0v) is 10.8. The fourth-order valence-corrected chi connectivity index (χ4v) is 2.47. The van der Waals surface area contributed by atoms with Crippen LogP contribution in [0.3, 0.4) is 0 Å². The summed E-state index contributed by atoms with van der Waals surface area (Å²) in [5, 5.41) is 18.9. The minimum atomic E-state index is -0.846. The average Bonchev–Trinajstić information content (AvgIpc) is 2.98. The van der Waals surface area contributed by atoms with E-state index in [2.05, 4.69) is 9.97 Å². The van der Waals surface area contributed by atoms with E-state index >= 15 is 0 Å². The molecule has 3 atom stereocenters. The number of anilines is 1. The van der Waals surface area contributed by atoms with E-state index in [4.69, 9.17) is 15.6 Å². The highest BCUT2D eigenvalue weighted by Gasteiger charge is 2.38. The van der Waals surface area contributed by atoms with Gasteiger partial charge in [-0.3, -0.25) is 14.6 Å². The molecule has 2 aromatic heterocycles. The van der Waals surface area contributed by atoms with Gasteiger partial charge in [0.05, 0.1) is 12.7 Å². The van der Waals surface area contributed by atoms with Crippen LogP contribution in [0, 0.1) is 0 Å². The van der Waals surface area contributed by atoms with Crippen LogP contribution in [0.15, 0.2) is 11.1 Å². The topological polar surface area (TPSA) is 147 Å². The first-order valence-corrected chi connectivity index (χ1v) is 6.26. The quantitative estimate of drug-likeness (QED) is 0.355. The van der Waals surface area contributed by atoms with Crippen LogP contribution in [0.4, 0.5) is 5.95 Å². The second kappa shape index (κ2) is 4.91. The van der Waals surface area contributed by atoms with Crippen LogP contribution >= 0.6 is 0 Å². The van der Waals surface area contributed by atoms with Crippen molar-refractivity contribution in [3.05, 3.63) is 16.7 Å². The molecule has 0 bridgehead atoms. The highest BCUT2D eigenvalue weighted by atomic mass is 16.5. The van der Waals surface area contributed by atoms with E-state index in [1.54, 1.807) is 0 Å². The molecule has 21 heavy (non-hydrogen) atoms. The smallest absolute Gasteiger partial charge is 0.314 e. The summed E-state index contributed by atoms with van der Waals surface area (Å²) in [6, 6.07) is 0. The highest BCUT2D eigenvalue weighted by Crippen LogP contribution is 2.25. The van der Waals surface area contributed by atoms with E-state index in [9.17, 15) is 14.7 Å². The van der Waals surface area contributed by atoms with Gasteiger partial charge in [-0.25, -0.2) is 4.57 Å². The van der Waals surface area contributed by atoms with E-state index < -0.39 is 24.0 Å². The second-order valence-corrected chi connectivity index (χ2v) is 4.77. The summed E-state index contributed by atoms with van der Waals surface area (Å²) >= 11 is 0. The van der Waals surface area contributed by atoms with Crippen molar-refractivity contribution in [1.29, 1.82) is 0 Å². The molecule has 0 aromatic carbocycles. The van der Waals surface area contributed by atoms with Gasteiger partial charge in [-0.2, -0.15) is 4.57 Å². The lowest BCUT2D eigenvalue weighted by atomic mass is 10.2. The van der Waals surface area contributed by atoms with Crippen LogP contribution in [-0.4, -0.2) is 50.0 Å². The van der Waals surface area contributed by atoms with Gasteiger partial charge in [0.2, 0.25) is 11.8 Å². The number of aromatic amines is 1. The summed E-state index contributed by atoms with van der Waals surface area (Å²) in [6.07, 6.45) is -0.230. The summed E-state index contributed by atoms with van der Waals surface area (Å²) in [5.74, 6) is -0.0952. The van der Waals surface area contributed by atoms with Crippen molar-refractivity contribution in [2.75, 3.05) is 12.3 Å². The van der Waals surface area contributed by atoms with Crippen LogP contribution < -0.4 is 15.9 Å². The van der Waals surface area contributed by atoms with Gasteiger partial charge in [0.15, 0.2) is 6.23 Å². The van der Waals surface area contributed by atoms with Crippen molar-refractivity contribution < 1.29 is 24.3 Å². The molecule has 10 heteroatoms. The molecule has 0 spiro atoms. The number of aliphatic hydroxyl groups is 2. The third-order valence-corrected chi connectivity index (χ3v) is 3.45. The number of nitrogens with zero attached hydrogens (tertiary/aromatic N) is 3. The number of aliphatic hydroxyl groups excluding tert-OH is 2. The Labute approximate surface area is 117 Å². The second-order valence-electron chi connectivity index (χ2n) is 4.77. The number of hydrogen-bond donors (Lipinski definition) is 4. The predicted octanol–water partition coefficient (Wildman–Crippen LogP) is -2.73. The lowest BCUT2D eigenvalue weighted by molar-refractivity contribution is -0.738. The third-order valence-electron chi connectivity index (χ3n) is 3.45. The number of rotatable bonds is 3. The first-order valence-electron chi connectivity index (χ1n) is 6.26. The first kappa shape index (κ1) is 13.7. The third kappa shape index (κ3) is 2.09. The van der Waals surface area contributed by atoms with Crippen LogP contribution in [0.2, 0.25) is 0 Å². The Morgan fingerprint density at radius 2 is 2.43 bits per heavy atom. The zero-order chi connectivity index (χ0) is 15.1. The first-order chi connectivity index (χ1) is 10.0. The van der Waals surface area contributed by atoms with E-state index in [-0.39, 0.29) is 30.1 Å². The Bertz CT molecular complexity index is 753. The largest absolute Gasteiger partial charge is 0.394 e. The van der Waals surface area contributed by atoms with Crippen LogP contribution in [-0.2, 0) is 9.53 Å². The monoisotopic (exact) mass is 296 g/mol. The standard InChI is InChI=1S/C11H13N5O5/c12-11-13-9-8(10(20)14-11)15(4-18)3-16(9)7-1-5(19)6(2-17)21-7/h3-7,17,19H,1-2H2,(H2-,12,13,14,20)/p+1/t5-,6+,7+/m0/s1. The van der Waals surface area contributed by atoms with Gasteiger partial charge in [-0.05, 0) is 0 Å². The minimum absolute atomic E-state index is 0.0322. The van der Waals surface area contributed by atoms with Crippen molar-refractivity contribution >= 4 is 23.5 Å². The number of fused-ring (bicyclic) bond motifs is 1. The van der Waals surface area contributed by atoms with Crippen molar-refractivity contribution in [3.63, 3.8) is 0 Å². The van der Waals surface area contributed by atoms with Gasteiger partial charge in [0.1, 0.15) is 6.10 Å². The molecule has 1 saturated heterocycles. The Kier molecular flexibility index (Phi) is 3.20. The maximum absolute atomic E-state index is 11.9. The molecule has 0 radical (unpaired) electrons. The number of hydrogen-bond acceptors (Lipinski definition) is 7. The molecule has 0 aliphatic carbocycles. The molecule has 1 aliphatic heterocycles. The fraction of sp³-hybridized carbons (Fsp3) is 0.455. The number of carbonyl (C=O) groups is 1. The van der Waals surface area contributed by atoms with Crippen molar-refractivity contribution in [2.45, 2.75) is 24.9 Å². The summed E-state index contributed by atoms with van der Waals surface area (Å²) in [7, 11) is 0. The number of nitrogen functional groups attached to an aromatic ring is 1. The normalized spacial score (nSPS) is 25.5. The molecule has 112 valence electrons. The number of aromatic nitrogens is 4. The maximum atomic E-state index is 11.9. The maximum Gasteiger partial charge on any atom is 0.314 e. The number of nitrogens with two attached hydrogens (primary N) is 1. The Hall–Kier alpha value is -2.30. The van der Waals surface area contributed by atoms with Gasteiger partial charge in [0, 0.05) is 6.42 Å². The van der Waals surface area contributed by atoms with Crippen LogP contribution in [0.25, 0.3) is 11.2 Å². The molecule has 5 N–H and O–H groups in total. The van der Waals surface area contributed by atoms with Crippen molar-refractivity contribution in [1.82, 2.24) is 14.5 Å². The molecule has 10 nitrogen and oxygen atoms in total. The lowest BCUT2D eigenvalue weighted by Crippen LogP contribution is -2.39. The van der Waals surface area contributed by atoms with Crippen LogP contribution in [0.1, 0.15) is 12.6 Å². The van der Waals surface area contributed by atoms with Gasteiger partial charge in [-0.15, -0.1) is 0 Å². The molecule has 0 saturated carbocycles. The Morgan fingerprint density at radius 3 is 3.05 bits per heavy atom. The number of imidazole rings is 1. The molecular formula is C11H14N5O5+. The molecule has 1 fully saturated rings. The molecule has 2 aromatic rings. The molecular weight excluding hydrogens is 282 g/mol. The Morgan fingerprint density at radius 1 is 1.67 bits per heavy atom. The molecule has 0 amide bonds. The number of H-pyrrole nitrogens is 1. The molecule has 3 rings (SSSR count). The van der Waals surface area contributed by atoms with Gasteiger partial charge < -0.3 is 20.7 Å². The summed E-state index contributed by atoms with van der Waals surface area (Å²) < 4.78 is 7.99. The van der Waals surface area contributed by atoms with Gasteiger partial charge in [-0.1, -0.05) is 4.98 Å². The van der Waals surface area contributed by atoms with E-state index in [0.717, 1.165) is 4.57 Å². The zero-order valence-electron chi connectivity index (χ0n) is 10.8. The Balaban J connectivity index is 2.16. The van der Waals surface area contributed by atoms with Gasteiger partial charge >= 0.3 is 5.65 Å². The molecule has 3 heterocycles. The van der Waals surface area contributed by atoms with Crippen molar-refractivity contribution in [3.8, 4) is 0 Å². The molecule has 0 unspecified atom stereocenters. The highest BCUT2D eigenvalue weighted by molar-refractivity contribution is 5.75. The van der Waals surface area contributed by atoms with E-state index in [1.807, 2.05) is 0 Å². The van der Waals surface area contributed by atoms with Crippen LogP contribution in [0.5, 0.6) is 0 Å². The SMILES string of the molecule is Nc1nc2c(c(=O)[nH]1)n(C=O)c[n+]2[C@H]1C[C@H](O)[C@@H](CO)O1. The number of carbonyl (C=O) groups excluding carboxylic acids is 1. The number of nitrogens with one attached hydrogen (secondary N) is 1. The van der Waals surface area contributed by atoms with Gasteiger partial charge in [0.25, 0.3) is 17.9 Å². The fourth-order valence-electron chi connectivity index (χ4n) is 2.47.